The molecule has 1 aliphatic heterocycles. The number of amides is 1. The summed E-state index contributed by atoms with van der Waals surface area (Å²) in [5.74, 6) is 0.156. The van der Waals surface area contributed by atoms with E-state index in [1.165, 1.54) is 0 Å². The Kier molecular flexibility index (Phi) is 5.22. The summed E-state index contributed by atoms with van der Waals surface area (Å²) in [4.78, 5) is 14.3. The second kappa shape index (κ2) is 6.21. The van der Waals surface area contributed by atoms with Gasteiger partial charge in [0.25, 0.3) is 0 Å². The molecule has 4 heteroatoms. The molecule has 0 aliphatic carbocycles. The summed E-state index contributed by atoms with van der Waals surface area (Å²) < 4.78 is 0. The van der Waals surface area contributed by atoms with E-state index in [9.17, 15) is 4.79 Å². The van der Waals surface area contributed by atoms with Crippen LogP contribution < -0.4 is 10.6 Å². The molecular formula is C12H25N3O. The van der Waals surface area contributed by atoms with E-state index in [2.05, 4.69) is 29.4 Å². The molecule has 1 heterocycles. The minimum absolute atomic E-state index is 0.0221. The summed E-state index contributed by atoms with van der Waals surface area (Å²) in [6.45, 7) is 11.2. The highest BCUT2D eigenvalue weighted by molar-refractivity contribution is 5.81. The molecule has 1 saturated heterocycles. The average molecular weight is 227 g/mol. The molecule has 16 heavy (non-hydrogen) atoms. The van der Waals surface area contributed by atoms with Gasteiger partial charge >= 0.3 is 0 Å². The maximum Gasteiger partial charge on any atom is 0.237 e. The third-order valence-electron chi connectivity index (χ3n) is 3.43. The Morgan fingerprint density at radius 1 is 1.56 bits per heavy atom. The lowest BCUT2D eigenvalue weighted by Gasteiger charge is -2.37. The van der Waals surface area contributed by atoms with Gasteiger partial charge in [-0.05, 0) is 27.2 Å². The number of nitrogens with zero attached hydrogens (tertiary/aromatic N) is 1. The maximum atomic E-state index is 12.0. The van der Waals surface area contributed by atoms with Gasteiger partial charge in [0.05, 0.1) is 6.04 Å². The molecule has 4 nitrogen and oxygen atoms in total. The van der Waals surface area contributed by atoms with Gasteiger partial charge in [-0.25, -0.2) is 0 Å². The van der Waals surface area contributed by atoms with Gasteiger partial charge < -0.3 is 10.6 Å². The molecule has 0 saturated carbocycles. The number of hydrogen-bond donors (Lipinski definition) is 2. The van der Waals surface area contributed by atoms with Crippen LogP contribution in [0.1, 0.15) is 34.1 Å². The number of carbonyl (C=O) groups is 1. The summed E-state index contributed by atoms with van der Waals surface area (Å²) in [6, 6.07) is 0.686. The van der Waals surface area contributed by atoms with Crippen LogP contribution in [0.4, 0.5) is 0 Å². The van der Waals surface area contributed by atoms with Crippen molar-refractivity contribution in [1.82, 2.24) is 15.5 Å². The largest absolute Gasteiger partial charge is 0.352 e. The lowest BCUT2D eigenvalue weighted by Crippen LogP contribution is -2.57. The first kappa shape index (κ1) is 13.5. The summed E-state index contributed by atoms with van der Waals surface area (Å²) >= 11 is 0. The Balaban J connectivity index is 2.48. The van der Waals surface area contributed by atoms with Crippen LogP contribution >= 0.6 is 0 Å². The summed E-state index contributed by atoms with van der Waals surface area (Å²) in [5, 5.41) is 6.38. The van der Waals surface area contributed by atoms with Crippen molar-refractivity contribution in [2.75, 3.05) is 19.6 Å². The standard InChI is InChI=1S/C12H25N3O/c1-5-9(2)14-12(16)11(4)15-7-6-13-8-10(15)3/h9-11,13H,5-8H2,1-4H3,(H,14,16). The number of carbonyl (C=O) groups excluding carboxylic acids is 1. The third kappa shape index (κ3) is 3.46. The van der Waals surface area contributed by atoms with Gasteiger partial charge in [-0.15, -0.1) is 0 Å². The Labute approximate surface area is 98.8 Å². The van der Waals surface area contributed by atoms with E-state index < -0.39 is 0 Å². The van der Waals surface area contributed by atoms with Crippen molar-refractivity contribution in [1.29, 1.82) is 0 Å². The number of piperazine rings is 1. The van der Waals surface area contributed by atoms with Crippen molar-refractivity contribution in [3.05, 3.63) is 0 Å². The molecule has 1 fully saturated rings. The van der Waals surface area contributed by atoms with Crippen LogP contribution in [0.3, 0.4) is 0 Å². The van der Waals surface area contributed by atoms with Crippen LogP contribution in [0.25, 0.3) is 0 Å². The third-order valence-corrected chi connectivity index (χ3v) is 3.43. The van der Waals surface area contributed by atoms with Crippen molar-refractivity contribution < 1.29 is 4.79 Å². The molecule has 1 amide bonds. The van der Waals surface area contributed by atoms with Crippen molar-refractivity contribution >= 4 is 5.91 Å². The van der Waals surface area contributed by atoms with Gasteiger partial charge in [0.1, 0.15) is 0 Å². The fraction of sp³-hybridized carbons (Fsp3) is 0.917. The topological polar surface area (TPSA) is 44.4 Å². The van der Waals surface area contributed by atoms with Crippen molar-refractivity contribution in [2.24, 2.45) is 0 Å². The molecule has 1 rings (SSSR count). The molecule has 0 aromatic carbocycles. The Morgan fingerprint density at radius 2 is 2.25 bits per heavy atom. The van der Waals surface area contributed by atoms with Gasteiger partial charge in [0.2, 0.25) is 5.91 Å². The number of rotatable bonds is 4. The van der Waals surface area contributed by atoms with Gasteiger partial charge in [0.15, 0.2) is 0 Å². The first-order valence-corrected chi connectivity index (χ1v) is 6.33. The maximum absolute atomic E-state index is 12.0. The lowest BCUT2D eigenvalue weighted by molar-refractivity contribution is -0.127. The van der Waals surface area contributed by atoms with E-state index in [1.807, 2.05) is 13.8 Å². The van der Waals surface area contributed by atoms with Crippen molar-refractivity contribution in [3.8, 4) is 0 Å². The normalized spacial score (nSPS) is 26.1. The van der Waals surface area contributed by atoms with E-state index >= 15 is 0 Å². The minimum atomic E-state index is -0.0221. The van der Waals surface area contributed by atoms with Gasteiger partial charge in [-0.1, -0.05) is 6.92 Å². The number of nitrogens with one attached hydrogen (secondary N) is 2. The lowest BCUT2D eigenvalue weighted by atomic mass is 10.1. The van der Waals surface area contributed by atoms with Crippen molar-refractivity contribution in [3.63, 3.8) is 0 Å². The fourth-order valence-electron chi connectivity index (χ4n) is 2.05. The Morgan fingerprint density at radius 3 is 2.81 bits per heavy atom. The molecule has 1 aliphatic rings. The zero-order chi connectivity index (χ0) is 12.1. The summed E-state index contributed by atoms with van der Waals surface area (Å²) in [5.41, 5.74) is 0. The fourth-order valence-corrected chi connectivity index (χ4v) is 2.05. The molecule has 0 aromatic heterocycles. The molecule has 0 radical (unpaired) electrons. The molecule has 3 atom stereocenters. The van der Waals surface area contributed by atoms with Gasteiger partial charge in [-0.2, -0.15) is 0 Å². The molecule has 94 valence electrons. The molecule has 0 bridgehead atoms. The SMILES string of the molecule is CCC(C)NC(=O)C(C)N1CCNCC1C. The molecule has 3 unspecified atom stereocenters. The van der Waals surface area contributed by atoms with Crippen LogP contribution in [0, 0.1) is 0 Å². The first-order valence-electron chi connectivity index (χ1n) is 6.33. The average Bonchev–Trinajstić information content (AvgIpc) is 2.28. The van der Waals surface area contributed by atoms with E-state index in [1.54, 1.807) is 0 Å². The molecule has 2 N–H and O–H groups in total. The monoisotopic (exact) mass is 227 g/mol. The Hall–Kier alpha value is -0.610. The zero-order valence-corrected chi connectivity index (χ0v) is 10.9. The highest BCUT2D eigenvalue weighted by Crippen LogP contribution is 2.08. The Bertz CT molecular complexity index is 232. The van der Waals surface area contributed by atoms with Crippen LogP contribution in [-0.2, 0) is 4.79 Å². The van der Waals surface area contributed by atoms with E-state index in [-0.39, 0.29) is 18.0 Å². The summed E-state index contributed by atoms with van der Waals surface area (Å²) in [6.07, 6.45) is 0.982. The van der Waals surface area contributed by atoms with E-state index in [0.717, 1.165) is 26.1 Å². The van der Waals surface area contributed by atoms with E-state index in [0.29, 0.717) is 6.04 Å². The highest BCUT2D eigenvalue weighted by atomic mass is 16.2. The zero-order valence-electron chi connectivity index (χ0n) is 10.9. The predicted molar refractivity (Wildman–Crippen MR) is 66.4 cm³/mol. The number of hydrogen-bond acceptors (Lipinski definition) is 3. The highest BCUT2D eigenvalue weighted by Gasteiger charge is 2.27. The molecular weight excluding hydrogens is 202 g/mol. The van der Waals surface area contributed by atoms with Crippen LogP contribution in [0.2, 0.25) is 0 Å². The van der Waals surface area contributed by atoms with Gasteiger partial charge in [0, 0.05) is 31.7 Å². The quantitative estimate of drug-likeness (QED) is 0.738. The summed E-state index contributed by atoms with van der Waals surface area (Å²) in [7, 11) is 0. The van der Waals surface area contributed by atoms with E-state index in [4.69, 9.17) is 0 Å². The van der Waals surface area contributed by atoms with Crippen LogP contribution in [0.5, 0.6) is 0 Å². The molecule has 0 spiro atoms. The second-order valence-corrected chi connectivity index (χ2v) is 4.78. The van der Waals surface area contributed by atoms with Gasteiger partial charge in [-0.3, -0.25) is 9.69 Å². The van der Waals surface area contributed by atoms with Crippen LogP contribution in [-0.4, -0.2) is 48.6 Å². The second-order valence-electron chi connectivity index (χ2n) is 4.78. The van der Waals surface area contributed by atoms with Crippen LogP contribution in [0.15, 0.2) is 0 Å². The molecule has 0 aromatic rings. The predicted octanol–water partition coefficient (Wildman–Crippen LogP) is 0.583. The minimum Gasteiger partial charge on any atom is -0.352 e. The van der Waals surface area contributed by atoms with Crippen molar-refractivity contribution in [2.45, 2.75) is 52.2 Å². The smallest absolute Gasteiger partial charge is 0.237 e. The first-order chi connectivity index (χ1) is 7.56.